The lowest BCUT2D eigenvalue weighted by atomic mass is 9.96. The van der Waals surface area contributed by atoms with Gasteiger partial charge in [-0.05, 0) is 86.8 Å². The van der Waals surface area contributed by atoms with Crippen LogP contribution in [0.15, 0.2) is 58.3 Å². The first-order valence-electron chi connectivity index (χ1n) is 11.7. The molecule has 4 rings (SSSR count). The molecule has 0 spiro atoms. The van der Waals surface area contributed by atoms with Crippen molar-refractivity contribution in [3.05, 3.63) is 59.7 Å². The van der Waals surface area contributed by atoms with Gasteiger partial charge in [-0.15, -0.1) is 11.8 Å². The predicted molar refractivity (Wildman–Crippen MR) is 133 cm³/mol. The number of thioether (sulfide) groups is 1. The summed E-state index contributed by atoms with van der Waals surface area (Å²) in [5.74, 6) is 0.326. The lowest BCUT2D eigenvalue weighted by molar-refractivity contribution is 0.0935. The maximum atomic E-state index is 12.6. The molecule has 1 amide bonds. The van der Waals surface area contributed by atoms with E-state index in [1.807, 2.05) is 0 Å². The molecule has 0 bridgehead atoms. The maximum absolute atomic E-state index is 12.6. The molecule has 0 saturated carbocycles. The number of carbonyl (C=O) groups is 1. The van der Waals surface area contributed by atoms with Crippen molar-refractivity contribution in [3.8, 4) is 0 Å². The zero-order valence-corrected chi connectivity index (χ0v) is 20.8. The molecule has 0 unspecified atom stereocenters. The number of nitrogens with one attached hydrogen (secondary N) is 1. The SMILES string of the molecule is CSc1ccccc1CN1CCC(CNC(=O)c2ccc(S(=O)(=O)N3CCCC3)cc2)CC1. The molecule has 2 aromatic carbocycles. The number of likely N-dealkylation sites (tertiary alicyclic amines) is 1. The fourth-order valence-corrected chi connectivity index (χ4v) is 6.74. The highest BCUT2D eigenvalue weighted by molar-refractivity contribution is 7.98. The first-order valence-corrected chi connectivity index (χ1v) is 14.4. The summed E-state index contributed by atoms with van der Waals surface area (Å²) in [7, 11) is -3.45. The third-order valence-electron chi connectivity index (χ3n) is 6.66. The van der Waals surface area contributed by atoms with Crippen LogP contribution in [0, 0.1) is 5.92 Å². The lowest BCUT2D eigenvalue weighted by Gasteiger charge is -2.32. The molecule has 2 aliphatic rings. The number of hydrogen-bond donors (Lipinski definition) is 1. The quantitative estimate of drug-likeness (QED) is 0.573. The summed E-state index contributed by atoms with van der Waals surface area (Å²) < 4.78 is 26.8. The molecule has 0 radical (unpaired) electrons. The van der Waals surface area contributed by atoms with E-state index in [2.05, 4.69) is 40.7 Å². The van der Waals surface area contributed by atoms with Crippen LogP contribution in [0.25, 0.3) is 0 Å². The average Bonchev–Trinajstić information content (AvgIpc) is 3.40. The Morgan fingerprint density at radius 3 is 2.33 bits per heavy atom. The Morgan fingerprint density at radius 1 is 1.00 bits per heavy atom. The molecule has 0 aromatic heterocycles. The summed E-state index contributed by atoms with van der Waals surface area (Å²) in [5.41, 5.74) is 1.88. The van der Waals surface area contributed by atoms with Gasteiger partial charge in [0.1, 0.15) is 0 Å². The van der Waals surface area contributed by atoms with Crippen molar-refractivity contribution in [2.75, 3.05) is 39.0 Å². The predicted octanol–water partition coefficient (Wildman–Crippen LogP) is 3.84. The topological polar surface area (TPSA) is 69.7 Å². The van der Waals surface area contributed by atoms with E-state index in [-0.39, 0.29) is 10.8 Å². The molecular weight excluding hydrogens is 454 g/mol. The number of amides is 1. The average molecular weight is 488 g/mol. The van der Waals surface area contributed by atoms with Gasteiger partial charge < -0.3 is 5.32 Å². The number of benzene rings is 2. The summed E-state index contributed by atoms with van der Waals surface area (Å²) in [5, 5.41) is 3.04. The third kappa shape index (κ3) is 5.98. The Morgan fingerprint density at radius 2 is 1.67 bits per heavy atom. The van der Waals surface area contributed by atoms with Gasteiger partial charge in [0.05, 0.1) is 4.90 Å². The van der Waals surface area contributed by atoms with E-state index in [1.54, 1.807) is 36.0 Å². The zero-order valence-electron chi connectivity index (χ0n) is 19.2. The van der Waals surface area contributed by atoms with Gasteiger partial charge in [0, 0.05) is 36.6 Å². The molecule has 2 heterocycles. The van der Waals surface area contributed by atoms with Gasteiger partial charge in [0.15, 0.2) is 0 Å². The second-order valence-electron chi connectivity index (χ2n) is 8.88. The summed E-state index contributed by atoms with van der Waals surface area (Å²) >= 11 is 1.79. The van der Waals surface area contributed by atoms with E-state index >= 15 is 0 Å². The van der Waals surface area contributed by atoms with Crippen molar-refractivity contribution in [1.29, 1.82) is 0 Å². The zero-order chi connectivity index (χ0) is 23.3. The highest BCUT2D eigenvalue weighted by Gasteiger charge is 2.27. The molecule has 33 heavy (non-hydrogen) atoms. The monoisotopic (exact) mass is 487 g/mol. The van der Waals surface area contributed by atoms with Crippen molar-refractivity contribution < 1.29 is 13.2 Å². The number of rotatable bonds is 8. The van der Waals surface area contributed by atoms with Gasteiger partial charge in [-0.3, -0.25) is 9.69 Å². The molecule has 6 nitrogen and oxygen atoms in total. The second-order valence-corrected chi connectivity index (χ2v) is 11.7. The minimum Gasteiger partial charge on any atom is -0.352 e. The van der Waals surface area contributed by atoms with Gasteiger partial charge in [0.25, 0.3) is 5.91 Å². The van der Waals surface area contributed by atoms with E-state index in [0.29, 0.717) is 31.1 Å². The van der Waals surface area contributed by atoms with Crippen molar-refractivity contribution in [2.45, 2.75) is 42.0 Å². The first-order chi connectivity index (χ1) is 16.0. The summed E-state index contributed by atoms with van der Waals surface area (Å²) in [6, 6.07) is 14.9. The van der Waals surface area contributed by atoms with E-state index in [9.17, 15) is 13.2 Å². The van der Waals surface area contributed by atoms with Crippen LogP contribution in [0.2, 0.25) is 0 Å². The van der Waals surface area contributed by atoms with Crippen LogP contribution in [0.4, 0.5) is 0 Å². The van der Waals surface area contributed by atoms with Gasteiger partial charge in [-0.1, -0.05) is 18.2 Å². The van der Waals surface area contributed by atoms with Gasteiger partial charge in [0.2, 0.25) is 10.0 Å². The minimum atomic E-state index is -3.45. The van der Waals surface area contributed by atoms with Crippen molar-refractivity contribution in [3.63, 3.8) is 0 Å². The summed E-state index contributed by atoms with van der Waals surface area (Å²) in [4.78, 5) is 16.7. The first kappa shape index (κ1) is 24.3. The van der Waals surface area contributed by atoms with Crippen LogP contribution in [-0.2, 0) is 16.6 Å². The number of piperidine rings is 1. The van der Waals surface area contributed by atoms with E-state index < -0.39 is 10.0 Å². The normalized spacial score (nSPS) is 18.5. The van der Waals surface area contributed by atoms with E-state index in [4.69, 9.17) is 0 Å². The largest absolute Gasteiger partial charge is 0.352 e. The Labute approximate surface area is 201 Å². The fourth-order valence-electron chi connectivity index (χ4n) is 4.62. The summed E-state index contributed by atoms with van der Waals surface area (Å²) in [6.07, 6.45) is 6.06. The highest BCUT2D eigenvalue weighted by atomic mass is 32.2. The highest BCUT2D eigenvalue weighted by Crippen LogP contribution is 2.24. The smallest absolute Gasteiger partial charge is 0.251 e. The Balaban J connectivity index is 1.24. The van der Waals surface area contributed by atoms with Crippen molar-refractivity contribution in [1.82, 2.24) is 14.5 Å². The maximum Gasteiger partial charge on any atom is 0.251 e. The van der Waals surface area contributed by atoms with Crippen LogP contribution >= 0.6 is 11.8 Å². The van der Waals surface area contributed by atoms with Crippen molar-refractivity contribution in [2.24, 2.45) is 5.92 Å². The molecule has 2 saturated heterocycles. The third-order valence-corrected chi connectivity index (χ3v) is 9.42. The van der Waals surface area contributed by atoms with Gasteiger partial charge >= 0.3 is 0 Å². The van der Waals surface area contributed by atoms with Crippen LogP contribution in [0.3, 0.4) is 0 Å². The number of sulfonamides is 1. The minimum absolute atomic E-state index is 0.142. The number of carbonyl (C=O) groups excluding carboxylic acids is 1. The Bertz CT molecular complexity index is 1040. The molecule has 2 aliphatic heterocycles. The van der Waals surface area contributed by atoms with Crippen LogP contribution in [0.5, 0.6) is 0 Å². The van der Waals surface area contributed by atoms with Crippen LogP contribution in [-0.4, -0.2) is 62.5 Å². The molecule has 0 atom stereocenters. The molecular formula is C25H33N3O3S2. The van der Waals surface area contributed by atoms with Crippen LogP contribution < -0.4 is 5.32 Å². The van der Waals surface area contributed by atoms with Crippen LogP contribution in [0.1, 0.15) is 41.6 Å². The standard InChI is InChI=1S/C25H33N3O3S2/c1-32-24-7-3-2-6-22(24)19-27-16-12-20(13-17-27)18-26-25(29)21-8-10-23(11-9-21)33(30,31)28-14-4-5-15-28/h2-3,6-11,20H,4-5,12-19H2,1H3,(H,26,29). The van der Waals surface area contributed by atoms with E-state index in [0.717, 1.165) is 45.3 Å². The summed E-state index contributed by atoms with van der Waals surface area (Å²) in [6.45, 7) is 4.85. The number of hydrogen-bond acceptors (Lipinski definition) is 5. The molecule has 178 valence electrons. The molecule has 8 heteroatoms. The Hall–Kier alpha value is -1.87. The fraction of sp³-hybridized carbons (Fsp3) is 0.480. The van der Waals surface area contributed by atoms with Gasteiger partial charge in [-0.25, -0.2) is 8.42 Å². The van der Waals surface area contributed by atoms with Crippen molar-refractivity contribution >= 4 is 27.7 Å². The molecule has 2 aromatic rings. The molecule has 0 aliphatic carbocycles. The van der Waals surface area contributed by atoms with Gasteiger partial charge in [-0.2, -0.15) is 4.31 Å². The molecule has 1 N–H and O–H groups in total. The Kier molecular flexibility index (Phi) is 8.11. The van der Waals surface area contributed by atoms with E-state index in [1.165, 1.54) is 14.8 Å². The number of nitrogens with zero attached hydrogens (tertiary/aromatic N) is 2. The second kappa shape index (κ2) is 11.0. The lowest BCUT2D eigenvalue weighted by Crippen LogP contribution is -2.38. The molecule has 2 fully saturated rings.